The number of hydrogen-bond acceptors (Lipinski definition) is 4. The zero-order valence-corrected chi connectivity index (χ0v) is 14.7. The third kappa shape index (κ3) is 3.66. The molecule has 0 aliphatic carbocycles. The topological polar surface area (TPSA) is 61.4 Å². The SMILES string of the molecule is Cc1cccc(C(=O)Nc2sc(C)cc2C(=O)N2CCNCC2)c1. The summed E-state index contributed by atoms with van der Waals surface area (Å²) in [6, 6.07) is 9.29. The van der Waals surface area contributed by atoms with Gasteiger partial charge in [0, 0.05) is 36.6 Å². The summed E-state index contributed by atoms with van der Waals surface area (Å²) in [5, 5.41) is 6.78. The highest BCUT2D eigenvalue weighted by Crippen LogP contribution is 2.29. The van der Waals surface area contributed by atoms with Crippen LogP contribution in [0, 0.1) is 13.8 Å². The van der Waals surface area contributed by atoms with Gasteiger partial charge in [-0.3, -0.25) is 9.59 Å². The molecule has 0 unspecified atom stereocenters. The molecule has 2 heterocycles. The van der Waals surface area contributed by atoms with Gasteiger partial charge in [-0.15, -0.1) is 11.3 Å². The van der Waals surface area contributed by atoms with E-state index >= 15 is 0 Å². The van der Waals surface area contributed by atoms with Crippen LogP contribution in [-0.2, 0) is 0 Å². The fraction of sp³-hybridized carbons (Fsp3) is 0.333. The first-order valence-corrected chi connectivity index (χ1v) is 8.84. The largest absolute Gasteiger partial charge is 0.336 e. The van der Waals surface area contributed by atoms with E-state index in [4.69, 9.17) is 0 Å². The van der Waals surface area contributed by atoms with Crippen LogP contribution in [0.4, 0.5) is 5.00 Å². The van der Waals surface area contributed by atoms with Crippen molar-refractivity contribution in [1.82, 2.24) is 10.2 Å². The third-order valence-corrected chi connectivity index (χ3v) is 4.96. The molecule has 3 rings (SSSR count). The smallest absolute Gasteiger partial charge is 0.256 e. The maximum Gasteiger partial charge on any atom is 0.256 e. The van der Waals surface area contributed by atoms with Gasteiger partial charge >= 0.3 is 0 Å². The molecule has 24 heavy (non-hydrogen) atoms. The van der Waals surface area contributed by atoms with Crippen molar-refractivity contribution in [1.29, 1.82) is 0 Å². The molecular formula is C18H21N3O2S. The van der Waals surface area contributed by atoms with Crippen LogP contribution in [0.3, 0.4) is 0 Å². The predicted octanol–water partition coefficient (Wildman–Crippen LogP) is 2.66. The second kappa shape index (κ2) is 7.15. The summed E-state index contributed by atoms with van der Waals surface area (Å²) in [5.41, 5.74) is 2.21. The van der Waals surface area contributed by atoms with Crippen LogP contribution in [0.25, 0.3) is 0 Å². The van der Waals surface area contributed by atoms with Gasteiger partial charge < -0.3 is 15.5 Å². The molecule has 1 aliphatic rings. The molecule has 0 bridgehead atoms. The highest BCUT2D eigenvalue weighted by atomic mass is 32.1. The average molecular weight is 343 g/mol. The monoisotopic (exact) mass is 343 g/mol. The fourth-order valence-electron chi connectivity index (χ4n) is 2.77. The molecule has 0 spiro atoms. The maximum absolute atomic E-state index is 12.8. The van der Waals surface area contributed by atoms with E-state index in [1.807, 2.05) is 43.0 Å². The summed E-state index contributed by atoms with van der Waals surface area (Å²) in [4.78, 5) is 28.1. The number of nitrogens with zero attached hydrogens (tertiary/aromatic N) is 1. The molecular weight excluding hydrogens is 322 g/mol. The van der Waals surface area contributed by atoms with Crippen molar-refractivity contribution < 1.29 is 9.59 Å². The van der Waals surface area contributed by atoms with Gasteiger partial charge in [0.15, 0.2) is 0 Å². The van der Waals surface area contributed by atoms with E-state index in [-0.39, 0.29) is 11.8 Å². The van der Waals surface area contributed by atoms with Crippen LogP contribution in [0.1, 0.15) is 31.2 Å². The molecule has 1 fully saturated rings. The lowest BCUT2D eigenvalue weighted by Gasteiger charge is -2.27. The average Bonchev–Trinajstić information content (AvgIpc) is 2.95. The number of anilines is 1. The maximum atomic E-state index is 12.8. The Morgan fingerprint density at radius 2 is 1.92 bits per heavy atom. The second-order valence-corrected chi connectivity index (χ2v) is 7.22. The summed E-state index contributed by atoms with van der Waals surface area (Å²) in [5.74, 6) is -0.199. The number of rotatable bonds is 3. The molecule has 1 aromatic heterocycles. The van der Waals surface area contributed by atoms with Crippen LogP contribution in [0.5, 0.6) is 0 Å². The lowest BCUT2D eigenvalue weighted by Crippen LogP contribution is -2.46. The summed E-state index contributed by atoms with van der Waals surface area (Å²) < 4.78 is 0. The van der Waals surface area contributed by atoms with E-state index in [0.29, 0.717) is 29.2 Å². The number of hydrogen-bond donors (Lipinski definition) is 2. The molecule has 1 aromatic carbocycles. The summed E-state index contributed by atoms with van der Waals surface area (Å²) in [6.45, 7) is 6.89. The quantitative estimate of drug-likeness (QED) is 0.901. The Balaban J connectivity index is 1.81. The summed E-state index contributed by atoms with van der Waals surface area (Å²) in [6.07, 6.45) is 0. The van der Waals surface area contributed by atoms with Crippen molar-refractivity contribution in [2.75, 3.05) is 31.5 Å². The van der Waals surface area contributed by atoms with Gasteiger partial charge in [-0.2, -0.15) is 0 Å². The van der Waals surface area contributed by atoms with Gasteiger partial charge in [0.2, 0.25) is 0 Å². The molecule has 5 nitrogen and oxygen atoms in total. The molecule has 126 valence electrons. The zero-order valence-electron chi connectivity index (χ0n) is 13.9. The van der Waals surface area contributed by atoms with Gasteiger partial charge in [-0.1, -0.05) is 17.7 Å². The Morgan fingerprint density at radius 1 is 1.17 bits per heavy atom. The molecule has 2 aromatic rings. The van der Waals surface area contributed by atoms with Crippen molar-refractivity contribution in [2.24, 2.45) is 0 Å². The summed E-state index contributed by atoms with van der Waals surface area (Å²) in [7, 11) is 0. The predicted molar refractivity (Wildman–Crippen MR) is 97.0 cm³/mol. The molecule has 2 N–H and O–H groups in total. The van der Waals surface area contributed by atoms with Gasteiger partial charge in [0.05, 0.1) is 5.56 Å². The summed E-state index contributed by atoms with van der Waals surface area (Å²) >= 11 is 1.44. The van der Waals surface area contributed by atoms with Crippen LogP contribution >= 0.6 is 11.3 Å². The number of aryl methyl sites for hydroxylation is 2. The Bertz CT molecular complexity index is 763. The van der Waals surface area contributed by atoms with Gasteiger partial charge in [-0.05, 0) is 32.0 Å². The van der Waals surface area contributed by atoms with E-state index in [9.17, 15) is 9.59 Å². The molecule has 1 saturated heterocycles. The minimum atomic E-state index is -0.185. The van der Waals surface area contributed by atoms with E-state index in [2.05, 4.69) is 10.6 Å². The first-order chi connectivity index (χ1) is 11.5. The Morgan fingerprint density at radius 3 is 2.62 bits per heavy atom. The third-order valence-electron chi connectivity index (χ3n) is 4.00. The van der Waals surface area contributed by atoms with Crippen LogP contribution in [-0.4, -0.2) is 42.9 Å². The van der Waals surface area contributed by atoms with Crippen molar-refractivity contribution in [2.45, 2.75) is 13.8 Å². The Labute approximate surface area is 145 Å². The first-order valence-electron chi connectivity index (χ1n) is 8.03. The van der Waals surface area contributed by atoms with Crippen molar-refractivity contribution in [3.63, 3.8) is 0 Å². The van der Waals surface area contributed by atoms with E-state index in [0.717, 1.165) is 23.5 Å². The lowest BCUT2D eigenvalue weighted by molar-refractivity contribution is 0.0737. The van der Waals surface area contributed by atoms with Crippen LogP contribution in [0.15, 0.2) is 30.3 Å². The number of nitrogens with one attached hydrogen (secondary N) is 2. The number of thiophene rings is 1. The Hall–Kier alpha value is -2.18. The molecule has 0 radical (unpaired) electrons. The molecule has 6 heteroatoms. The van der Waals surface area contributed by atoms with E-state index < -0.39 is 0 Å². The lowest BCUT2D eigenvalue weighted by atomic mass is 10.1. The number of carbonyl (C=O) groups is 2. The van der Waals surface area contributed by atoms with Gasteiger partial charge in [-0.25, -0.2) is 0 Å². The van der Waals surface area contributed by atoms with E-state index in [1.54, 1.807) is 6.07 Å². The Kier molecular flexibility index (Phi) is 4.97. The number of piperazine rings is 1. The minimum Gasteiger partial charge on any atom is -0.336 e. The fourth-order valence-corrected chi connectivity index (χ4v) is 3.66. The molecule has 0 atom stereocenters. The van der Waals surface area contributed by atoms with Crippen molar-refractivity contribution >= 4 is 28.2 Å². The number of benzene rings is 1. The van der Waals surface area contributed by atoms with Gasteiger partial charge in [0.1, 0.15) is 5.00 Å². The van der Waals surface area contributed by atoms with E-state index in [1.165, 1.54) is 11.3 Å². The first kappa shape index (κ1) is 16.7. The zero-order chi connectivity index (χ0) is 17.1. The highest BCUT2D eigenvalue weighted by molar-refractivity contribution is 7.16. The second-order valence-electron chi connectivity index (χ2n) is 5.97. The molecule has 2 amide bonds. The van der Waals surface area contributed by atoms with Crippen LogP contribution < -0.4 is 10.6 Å². The minimum absolute atomic E-state index is 0.0135. The van der Waals surface area contributed by atoms with Gasteiger partial charge in [0.25, 0.3) is 11.8 Å². The molecule has 0 saturated carbocycles. The molecule has 1 aliphatic heterocycles. The highest BCUT2D eigenvalue weighted by Gasteiger charge is 2.23. The van der Waals surface area contributed by atoms with Crippen molar-refractivity contribution in [3.05, 3.63) is 51.9 Å². The normalized spacial score (nSPS) is 14.5. The standard InChI is InChI=1S/C18H21N3O2S/c1-12-4-3-5-14(10-12)16(22)20-17-15(11-13(2)24-17)18(23)21-8-6-19-7-9-21/h3-5,10-11,19H,6-9H2,1-2H3,(H,20,22). The number of amides is 2. The van der Waals surface area contributed by atoms with Crippen molar-refractivity contribution in [3.8, 4) is 0 Å². The van der Waals surface area contributed by atoms with Crippen LogP contribution in [0.2, 0.25) is 0 Å². The number of carbonyl (C=O) groups excluding carboxylic acids is 2.